The van der Waals surface area contributed by atoms with Gasteiger partial charge in [0.25, 0.3) is 6.43 Å². The minimum atomic E-state index is -2.39. The lowest BCUT2D eigenvalue weighted by atomic mass is 10.2. The van der Waals surface area contributed by atoms with E-state index in [2.05, 4.69) is 15.5 Å². The van der Waals surface area contributed by atoms with Gasteiger partial charge in [-0.3, -0.25) is 9.36 Å². The number of hydrogen-bond donors (Lipinski definition) is 1. The first-order valence-corrected chi connectivity index (χ1v) is 6.01. The number of halogens is 2. The zero-order valence-electron chi connectivity index (χ0n) is 11.2. The summed E-state index contributed by atoms with van der Waals surface area (Å²) in [6, 6.07) is 1.93. The van der Waals surface area contributed by atoms with Crippen LogP contribution in [0.15, 0.2) is 12.3 Å². The molecule has 2 aromatic heterocycles. The summed E-state index contributed by atoms with van der Waals surface area (Å²) < 4.78 is 27.7. The normalized spacial score (nSPS) is 11.3. The second kappa shape index (κ2) is 5.38. The van der Waals surface area contributed by atoms with Gasteiger partial charge in [-0.1, -0.05) is 0 Å². The number of nitrogens with zero attached hydrogens (tertiary/aromatic N) is 4. The summed E-state index contributed by atoms with van der Waals surface area (Å²) in [5, 5.41) is 11.4. The molecule has 19 heavy (non-hydrogen) atoms. The van der Waals surface area contributed by atoms with E-state index < -0.39 is 6.43 Å². The van der Waals surface area contributed by atoms with Gasteiger partial charge in [0.2, 0.25) is 0 Å². The number of hydrogen-bond acceptors (Lipinski definition) is 3. The van der Waals surface area contributed by atoms with E-state index in [4.69, 9.17) is 0 Å². The maximum Gasteiger partial charge on any atom is 0.257 e. The molecule has 0 atom stereocenters. The van der Waals surface area contributed by atoms with Crippen molar-refractivity contribution in [1.29, 1.82) is 0 Å². The highest BCUT2D eigenvalue weighted by molar-refractivity contribution is 5.38. The molecule has 0 unspecified atom stereocenters. The minimum absolute atomic E-state index is 0.364. The predicted octanol–water partition coefficient (Wildman–Crippen LogP) is 2.11. The fourth-order valence-electron chi connectivity index (χ4n) is 1.94. The molecule has 5 nitrogen and oxygen atoms in total. The van der Waals surface area contributed by atoms with Crippen LogP contribution in [0.3, 0.4) is 0 Å². The van der Waals surface area contributed by atoms with Crippen LogP contribution in [0.5, 0.6) is 0 Å². The van der Waals surface area contributed by atoms with Crippen molar-refractivity contribution in [2.75, 3.05) is 5.32 Å². The number of rotatable bonds is 5. The van der Waals surface area contributed by atoms with Crippen molar-refractivity contribution in [2.45, 2.75) is 33.4 Å². The van der Waals surface area contributed by atoms with Gasteiger partial charge < -0.3 is 5.32 Å². The first-order chi connectivity index (χ1) is 8.97. The van der Waals surface area contributed by atoms with Gasteiger partial charge in [-0.25, -0.2) is 8.78 Å². The lowest BCUT2D eigenvalue weighted by Crippen LogP contribution is -2.10. The summed E-state index contributed by atoms with van der Waals surface area (Å²) in [5.74, 6) is 0.888. The van der Waals surface area contributed by atoms with Crippen molar-refractivity contribution in [3.05, 3.63) is 29.2 Å². The maximum absolute atomic E-state index is 12.3. The topological polar surface area (TPSA) is 47.7 Å². The van der Waals surface area contributed by atoms with Crippen molar-refractivity contribution >= 4 is 5.82 Å². The van der Waals surface area contributed by atoms with Gasteiger partial charge >= 0.3 is 0 Å². The van der Waals surface area contributed by atoms with Crippen LogP contribution >= 0.6 is 0 Å². The third-order valence-corrected chi connectivity index (χ3v) is 2.98. The Hall–Kier alpha value is -1.92. The average molecular weight is 269 g/mol. The van der Waals surface area contributed by atoms with Gasteiger partial charge in [-0.05, 0) is 13.8 Å². The Balaban J connectivity index is 2.04. The summed E-state index contributed by atoms with van der Waals surface area (Å²) in [4.78, 5) is 0. The van der Waals surface area contributed by atoms with Gasteiger partial charge in [0.15, 0.2) is 0 Å². The van der Waals surface area contributed by atoms with Crippen LogP contribution in [0, 0.1) is 13.8 Å². The van der Waals surface area contributed by atoms with Crippen molar-refractivity contribution in [3.63, 3.8) is 0 Å². The molecular formula is C12H17F2N5. The Labute approximate surface area is 110 Å². The molecule has 0 aliphatic carbocycles. The Morgan fingerprint density at radius 3 is 2.68 bits per heavy atom. The Morgan fingerprint density at radius 1 is 1.37 bits per heavy atom. The SMILES string of the molecule is Cc1cc(NCc2cnn(CC(F)F)c2C)n(C)n1. The van der Waals surface area contributed by atoms with Crippen LogP contribution in [0.25, 0.3) is 0 Å². The van der Waals surface area contributed by atoms with Crippen molar-refractivity contribution in [3.8, 4) is 0 Å². The van der Waals surface area contributed by atoms with Crippen molar-refractivity contribution < 1.29 is 8.78 Å². The van der Waals surface area contributed by atoms with E-state index in [9.17, 15) is 8.78 Å². The summed E-state index contributed by atoms with van der Waals surface area (Å²) in [7, 11) is 1.85. The lowest BCUT2D eigenvalue weighted by molar-refractivity contribution is 0.121. The largest absolute Gasteiger partial charge is 0.366 e. The van der Waals surface area contributed by atoms with E-state index in [1.165, 1.54) is 4.68 Å². The summed E-state index contributed by atoms with van der Waals surface area (Å²) >= 11 is 0. The van der Waals surface area contributed by atoms with Gasteiger partial charge in [0.1, 0.15) is 12.4 Å². The van der Waals surface area contributed by atoms with E-state index in [0.29, 0.717) is 6.54 Å². The van der Waals surface area contributed by atoms with Crippen LogP contribution in [-0.4, -0.2) is 26.0 Å². The summed E-state index contributed by atoms with van der Waals surface area (Å²) in [5.41, 5.74) is 2.58. The Bertz CT molecular complexity index is 558. The van der Waals surface area contributed by atoms with Crippen LogP contribution in [-0.2, 0) is 20.1 Å². The predicted molar refractivity (Wildman–Crippen MR) is 68.2 cm³/mol. The summed E-state index contributed by atoms with van der Waals surface area (Å²) in [6.07, 6.45) is -0.771. The average Bonchev–Trinajstić information content (AvgIpc) is 2.81. The monoisotopic (exact) mass is 269 g/mol. The third kappa shape index (κ3) is 3.10. The maximum atomic E-state index is 12.3. The number of anilines is 1. The van der Waals surface area contributed by atoms with E-state index in [1.54, 1.807) is 17.8 Å². The quantitative estimate of drug-likeness (QED) is 0.904. The molecule has 0 radical (unpaired) electrons. The zero-order chi connectivity index (χ0) is 14.0. The molecule has 0 fully saturated rings. The van der Waals surface area contributed by atoms with Gasteiger partial charge in [-0.15, -0.1) is 0 Å². The second-order valence-electron chi connectivity index (χ2n) is 4.48. The number of alkyl halides is 2. The van der Waals surface area contributed by atoms with Crippen LogP contribution in [0.1, 0.15) is 17.0 Å². The minimum Gasteiger partial charge on any atom is -0.366 e. The molecule has 2 heterocycles. The standard InChI is InChI=1S/C12H17F2N5/c1-8-4-12(18(3)17-8)15-5-10-6-16-19(9(10)2)7-11(13)14/h4,6,11,15H,5,7H2,1-3H3. The Kier molecular flexibility index (Phi) is 3.82. The first kappa shape index (κ1) is 13.5. The lowest BCUT2D eigenvalue weighted by Gasteiger charge is -2.07. The van der Waals surface area contributed by atoms with Crippen LogP contribution < -0.4 is 5.32 Å². The van der Waals surface area contributed by atoms with E-state index in [1.807, 2.05) is 20.0 Å². The molecule has 0 saturated heterocycles. The highest BCUT2D eigenvalue weighted by Crippen LogP contribution is 2.13. The smallest absolute Gasteiger partial charge is 0.257 e. The van der Waals surface area contributed by atoms with Crippen LogP contribution in [0.2, 0.25) is 0 Å². The molecule has 104 valence electrons. The molecule has 0 amide bonds. The van der Waals surface area contributed by atoms with E-state index in [-0.39, 0.29) is 6.54 Å². The molecular weight excluding hydrogens is 252 g/mol. The Morgan fingerprint density at radius 2 is 2.11 bits per heavy atom. The first-order valence-electron chi connectivity index (χ1n) is 6.01. The fourth-order valence-corrected chi connectivity index (χ4v) is 1.94. The molecule has 0 aliphatic heterocycles. The molecule has 2 rings (SSSR count). The molecule has 7 heteroatoms. The molecule has 1 N–H and O–H groups in total. The number of aromatic nitrogens is 4. The second-order valence-corrected chi connectivity index (χ2v) is 4.48. The number of aryl methyl sites for hydroxylation is 2. The van der Waals surface area contributed by atoms with Gasteiger partial charge in [-0.2, -0.15) is 10.2 Å². The van der Waals surface area contributed by atoms with Crippen LogP contribution in [0.4, 0.5) is 14.6 Å². The highest BCUT2D eigenvalue weighted by Gasteiger charge is 2.11. The summed E-state index contributed by atoms with van der Waals surface area (Å²) in [6.45, 7) is 3.88. The molecule has 0 aliphatic rings. The highest BCUT2D eigenvalue weighted by atomic mass is 19.3. The van der Waals surface area contributed by atoms with Crippen molar-refractivity contribution in [2.24, 2.45) is 7.05 Å². The molecule has 0 bridgehead atoms. The molecule has 2 aromatic rings. The third-order valence-electron chi connectivity index (χ3n) is 2.98. The van der Waals surface area contributed by atoms with Gasteiger partial charge in [0, 0.05) is 30.9 Å². The molecule has 0 spiro atoms. The van der Waals surface area contributed by atoms with E-state index >= 15 is 0 Å². The van der Waals surface area contributed by atoms with E-state index in [0.717, 1.165) is 22.8 Å². The van der Waals surface area contributed by atoms with Gasteiger partial charge in [0.05, 0.1) is 11.9 Å². The fraction of sp³-hybridized carbons (Fsp3) is 0.500. The molecule has 0 saturated carbocycles. The number of nitrogens with one attached hydrogen (secondary N) is 1. The van der Waals surface area contributed by atoms with Crippen molar-refractivity contribution in [1.82, 2.24) is 19.6 Å². The molecule has 0 aromatic carbocycles. The zero-order valence-corrected chi connectivity index (χ0v) is 11.2.